The molecule has 0 amide bonds. The van der Waals surface area contributed by atoms with Gasteiger partial charge >= 0.3 is 0 Å². The van der Waals surface area contributed by atoms with E-state index in [9.17, 15) is 0 Å². The van der Waals surface area contributed by atoms with Crippen LogP contribution in [0.2, 0.25) is 0 Å². The van der Waals surface area contributed by atoms with Gasteiger partial charge in [0.2, 0.25) is 0 Å². The van der Waals surface area contributed by atoms with E-state index in [2.05, 4.69) is 52.2 Å². The lowest BCUT2D eigenvalue weighted by molar-refractivity contribution is 0.199. The van der Waals surface area contributed by atoms with E-state index in [0.29, 0.717) is 0 Å². The third-order valence-electron chi connectivity index (χ3n) is 1.73. The smallest absolute Gasteiger partial charge is 0.0587 e. The number of ether oxygens (including phenoxy) is 1. The summed E-state index contributed by atoms with van der Waals surface area (Å²) in [6.45, 7) is 2.59. The Bertz CT molecular complexity index is 235. The molecule has 0 spiro atoms. The number of halogens is 1. The molecular formula is C10H14INO. The summed E-state index contributed by atoms with van der Waals surface area (Å²) in [6.07, 6.45) is 0. The van der Waals surface area contributed by atoms with E-state index in [1.165, 1.54) is 9.13 Å². The Morgan fingerprint density at radius 2 is 2.00 bits per heavy atom. The highest BCUT2D eigenvalue weighted by atomic mass is 127. The molecule has 0 unspecified atom stereocenters. The molecule has 72 valence electrons. The van der Waals surface area contributed by atoms with Crippen molar-refractivity contribution < 1.29 is 4.74 Å². The first-order valence-corrected chi connectivity index (χ1v) is 5.35. The topological polar surface area (TPSA) is 21.3 Å². The first-order valence-electron chi connectivity index (χ1n) is 4.27. The van der Waals surface area contributed by atoms with E-state index >= 15 is 0 Å². The van der Waals surface area contributed by atoms with E-state index < -0.39 is 0 Å². The predicted molar refractivity (Wildman–Crippen MR) is 62.7 cm³/mol. The maximum atomic E-state index is 4.94. The van der Waals surface area contributed by atoms with Gasteiger partial charge in [0.15, 0.2) is 0 Å². The summed E-state index contributed by atoms with van der Waals surface area (Å²) in [6, 6.07) is 8.52. The predicted octanol–water partition coefficient (Wildman–Crippen LogP) is 2.03. The van der Waals surface area contributed by atoms with Gasteiger partial charge in [-0.25, -0.2) is 0 Å². The van der Waals surface area contributed by atoms with Gasteiger partial charge in [-0.1, -0.05) is 12.1 Å². The van der Waals surface area contributed by atoms with Crippen LogP contribution in [0.5, 0.6) is 0 Å². The molecule has 3 heteroatoms. The first kappa shape index (κ1) is 10.9. The van der Waals surface area contributed by atoms with Gasteiger partial charge in [-0.05, 0) is 40.3 Å². The summed E-state index contributed by atoms with van der Waals surface area (Å²) < 4.78 is 6.21. The molecule has 0 aliphatic carbocycles. The second kappa shape index (κ2) is 6.34. The molecular weight excluding hydrogens is 277 g/mol. The summed E-state index contributed by atoms with van der Waals surface area (Å²) in [4.78, 5) is 0. The van der Waals surface area contributed by atoms with E-state index in [4.69, 9.17) is 4.74 Å². The van der Waals surface area contributed by atoms with E-state index in [1.807, 2.05) is 0 Å². The Kier molecular flexibility index (Phi) is 5.34. The monoisotopic (exact) mass is 291 g/mol. The molecule has 0 heterocycles. The minimum atomic E-state index is 0.768. The molecule has 0 bridgehead atoms. The summed E-state index contributed by atoms with van der Waals surface area (Å²) in [5.41, 5.74) is 1.32. The van der Waals surface area contributed by atoms with Crippen molar-refractivity contribution in [2.45, 2.75) is 6.54 Å². The Balaban J connectivity index is 2.25. The Labute approximate surface area is 92.8 Å². The maximum absolute atomic E-state index is 4.94. The van der Waals surface area contributed by atoms with Gasteiger partial charge in [-0.2, -0.15) is 0 Å². The highest BCUT2D eigenvalue weighted by Gasteiger charge is 1.91. The van der Waals surface area contributed by atoms with Crippen molar-refractivity contribution in [1.29, 1.82) is 0 Å². The van der Waals surface area contributed by atoms with Crippen molar-refractivity contribution in [3.05, 3.63) is 33.4 Å². The molecule has 1 N–H and O–H groups in total. The number of benzene rings is 1. The average molecular weight is 291 g/mol. The molecule has 0 saturated carbocycles. The normalized spacial score (nSPS) is 10.3. The Morgan fingerprint density at radius 1 is 1.31 bits per heavy atom. The van der Waals surface area contributed by atoms with Gasteiger partial charge in [-0.3, -0.25) is 0 Å². The lowest BCUT2D eigenvalue weighted by Gasteiger charge is -2.03. The van der Waals surface area contributed by atoms with Crippen molar-refractivity contribution in [3.8, 4) is 0 Å². The fraction of sp³-hybridized carbons (Fsp3) is 0.400. The largest absolute Gasteiger partial charge is 0.383 e. The molecule has 0 aliphatic rings. The van der Waals surface area contributed by atoms with Gasteiger partial charge in [-0.15, -0.1) is 0 Å². The van der Waals surface area contributed by atoms with Crippen molar-refractivity contribution in [2.24, 2.45) is 0 Å². The third-order valence-corrected chi connectivity index (χ3v) is 2.44. The summed E-state index contributed by atoms with van der Waals surface area (Å²) >= 11 is 2.31. The minimum Gasteiger partial charge on any atom is -0.383 e. The van der Waals surface area contributed by atoms with Crippen LogP contribution in [0.1, 0.15) is 5.56 Å². The zero-order chi connectivity index (χ0) is 9.52. The fourth-order valence-electron chi connectivity index (χ4n) is 1.01. The zero-order valence-electron chi connectivity index (χ0n) is 7.72. The molecule has 13 heavy (non-hydrogen) atoms. The van der Waals surface area contributed by atoms with Crippen molar-refractivity contribution in [2.75, 3.05) is 20.3 Å². The van der Waals surface area contributed by atoms with Crippen LogP contribution in [0.3, 0.4) is 0 Å². The number of hydrogen-bond donors (Lipinski definition) is 1. The number of nitrogens with one attached hydrogen (secondary N) is 1. The number of hydrogen-bond acceptors (Lipinski definition) is 2. The van der Waals surface area contributed by atoms with Crippen LogP contribution < -0.4 is 5.32 Å². The minimum absolute atomic E-state index is 0.768. The van der Waals surface area contributed by atoms with Crippen molar-refractivity contribution >= 4 is 22.6 Å². The summed E-state index contributed by atoms with van der Waals surface area (Å²) in [5, 5.41) is 3.29. The molecule has 1 rings (SSSR count). The molecule has 0 radical (unpaired) electrons. The Morgan fingerprint density at radius 3 is 2.62 bits per heavy atom. The highest BCUT2D eigenvalue weighted by molar-refractivity contribution is 14.1. The van der Waals surface area contributed by atoms with E-state index in [1.54, 1.807) is 7.11 Å². The molecule has 1 aromatic carbocycles. The summed E-state index contributed by atoms with van der Waals surface area (Å²) in [5.74, 6) is 0. The summed E-state index contributed by atoms with van der Waals surface area (Å²) in [7, 11) is 1.71. The molecule has 1 aromatic rings. The van der Waals surface area contributed by atoms with Gasteiger partial charge in [0.1, 0.15) is 0 Å². The van der Waals surface area contributed by atoms with Gasteiger partial charge in [0.25, 0.3) is 0 Å². The average Bonchev–Trinajstić information content (AvgIpc) is 2.15. The third kappa shape index (κ3) is 4.59. The van der Waals surface area contributed by atoms with Crippen molar-refractivity contribution in [1.82, 2.24) is 5.32 Å². The van der Waals surface area contributed by atoms with E-state index in [0.717, 1.165) is 19.7 Å². The van der Waals surface area contributed by atoms with Crippen LogP contribution in [0.15, 0.2) is 24.3 Å². The molecule has 0 aromatic heterocycles. The van der Waals surface area contributed by atoms with E-state index in [-0.39, 0.29) is 0 Å². The standard InChI is InChI=1S/C10H14INO/c1-13-7-6-12-8-9-2-4-10(11)5-3-9/h2-5,12H,6-8H2,1H3. The first-order chi connectivity index (χ1) is 6.33. The van der Waals surface area contributed by atoms with Gasteiger partial charge in [0.05, 0.1) is 6.61 Å². The second-order valence-electron chi connectivity index (χ2n) is 2.80. The Hall–Kier alpha value is -0.130. The lowest BCUT2D eigenvalue weighted by atomic mass is 10.2. The van der Waals surface area contributed by atoms with Crippen LogP contribution in [-0.4, -0.2) is 20.3 Å². The maximum Gasteiger partial charge on any atom is 0.0587 e. The molecule has 0 aliphatic heterocycles. The molecule has 0 saturated heterocycles. The van der Waals surface area contributed by atoms with Crippen LogP contribution >= 0.6 is 22.6 Å². The van der Waals surface area contributed by atoms with Gasteiger partial charge < -0.3 is 10.1 Å². The molecule has 0 atom stereocenters. The van der Waals surface area contributed by atoms with Crippen LogP contribution in [0.25, 0.3) is 0 Å². The number of methoxy groups -OCH3 is 1. The lowest BCUT2D eigenvalue weighted by Crippen LogP contribution is -2.18. The van der Waals surface area contributed by atoms with Crippen LogP contribution in [-0.2, 0) is 11.3 Å². The SMILES string of the molecule is COCCNCc1ccc(I)cc1. The van der Waals surface area contributed by atoms with Crippen LogP contribution in [0.4, 0.5) is 0 Å². The van der Waals surface area contributed by atoms with Crippen molar-refractivity contribution in [3.63, 3.8) is 0 Å². The quantitative estimate of drug-likeness (QED) is 0.662. The molecule has 0 fully saturated rings. The molecule has 2 nitrogen and oxygen atoms in total. The van der Waals surface area contributed by atoms with Gasteiger partial charge in [0, 0.05) is 23.8 Å². The number of rotatable bonds is 5. The highest BCUT2D eigenvalue weighted by Crippen LogP contribution is 2.05. The van der Waals surface area contributed by atoms with Crippen LogP contribution in [0, 0.1) is 3.57 Å². The second-order valence-corrected chi connectivity index (χ2v) is 4.04. The zero-order valence-corrected chi connectivity index (χ0v) is 9.87. The fourth-order valence-corrected chi connectivity index (χ4v) is 1.37.